The first-order chi connectivity index (χ1) is 16.1. The molecule has 34 heavy (non-hydrogen) atoms. The van der Waals surface area contributed by atoms with Crippen LogP contribution in [0, 0.1) is 40.4 Å². The molecule has 5 rings (SSSR count). The zero-order valence-electron chi connectivity index (χ0n) is 21.2. The SMILES string of the molecule is CC1C[C@@]2(C)[C@@H](CC[C@@H]3[C@@H]2CC[C@@]2(C)[C@H]3CC[C@@]2(C(=O)[CH2][Na])c2ccccc2C(=O)O)CC1=O. The number of Topliss-reactive ketones (excluding diaryl/α,β-unsaturated/α-hetero) is 2. The molecule has 4 fully saturated rings. The molecular weight excluding hydrogens is 435 g/mol. The van der Waals surface area contributed by atoms with Crippen LogP contribution in [0.2, 0.25) is 3.67 Å². The molecule has 0 aromatic heterocycles. The van der Waals surface area contributed by atoms with Gasteiger partial charge in [0.05, 0.1) is 0 Å². The van der Waals surface area contributed by atoms with Crippen LogP contribution in [0.1, 0.15) is 88.1 Å². The van der Waals surface area contributed by atoms with Crippen molar-refractivity contribution < 1.29 is 19.5 Å². The second-order valence-corrected chi connectivity index (χ2v) is 13.2. The molecule has 0 radical (unpaired) electrons. The Labute approximate surface area is 221 Å². The number of hydrogen-bond acceptors (Lipinski definition) is 3. The standard InChI is InChI=1S/C29H37O4.Na/c1-17-16-27(3)19(15-25(17)31)9-10-20-22(27)11-13-28(4)23(20)12-14-29(28,18(2)30)24-8-6-5-7-21(24)26(32)33;/h5-8,17,19-20,22-23H,2,9-16H2,1,3-4H3,(H,32,33);/t17?,19-,20+,22-,23-,27-,28-,29+;/m0./s1. The van der Waals surface area contributed by atoms with Crippen LogP contribution < -0.4 is 0 Å². The van der Waals surface area contributed by atoms with Gasteiger partial charge in [0.1, 0.15) is 0 Å². The van der Waals surface area contributed by atoms with Gasteiger partial charge in [-0.2, -0.15) is 0 Å². The zero-order valence-corrected chi connectivity index (χ0v) is 23.2. The van der Waals surface area contributed by atoms with E-state index in [1.807, 2.05) is 12.1 Å². The molecule has 0 aliphatic heterocycles. The summed E-state index contributed by atoms with van der Waals surface area (Å²) in [6.07, 6.45) is 7.88. The van der Waals surface area contributed by atoms with Crippen LogP contribution in [0.15, 0.2) is 24.3 Å². The molecule has 1 aromatic carbocycles. The van der Waals surface area contributed by atoms with Gasteiger partial charge in [0.25, 0.3) is 0 Å². The summed E-state index contributed by atoms with van der Waals surface area (Å²) in [6.45, 7) is 6.91. The Balaban J connectivity index is 1.58. The number of ketones is 2. The minimum absolute atomic E-state index is 0.157. The molecule has 4 saturated carbocycles. The van der Waals surface area contributed by atoms with Gasteiger partial charge < -0.3 is 0 Å². The third-order valence-corrected chi connectivity index (χ3v) is 12.1. The summed E-state index contributed by atoms with van der Waals surface area (Å²) >= 11 is 0.797. The van der Waals surface area contributed by atoms with Crippen LogP contribution in [0.25, 0.3) is 0 Å². The summed E-state index contributed by atoms with van der Waals surface area (Å²) in [5.41, 5.74) is 0.394. The summed E-state index contributed by atoms with van der Waals surface area (Å²) in [7, 11) is 0. The predicted molar refractivity (Wildman–Crippen MR) is 132 cm³/mol. The number of benzene rings is 1. The van der Waals surface area contributed by atoms with Crippen LogP contribution in [0.4, 0.5) is 0 Å². The van der Waals surface area contributed by atoms with E-state index in [9.17, 15) is 19.5 Å². The fraction of sp³-hybridized carbons (Fsp3) is 0.690. The quantitative estimate of drug-likeness (QED) is 0.576. The summed E-state index contributed by atoms with van der Waals surface area (Å²) in [4.78, 5) is 38.7. The zero-order chi connectivity index (χ0) is 24.5. The summed E-state index contributed by atoms with van der Waals surface area (Å²) in [5, 5.41) is 10.0. The number of carbonyl (C=O) groups excluding carboxylic acids is 2. The normalized spacial score (nSPS) is 43.6. The van der Waals surface area contributed by atoms with Crippen molar-refractivity contribution in [3.05, 3.63) is 35.4 Å². The van der Waals surface area contributed by atoms with Crippen molar-refractivity contribution in [3.63, 3.8) is 0 Å². The Morgan fingerprint density at radius 1 is 1.06 bits per heavy atom. The molecule has 0 saturated heterocycles. The third kappa shape index (κ3) is 3.23. The second kappa shape index (κ2) is 8.56. The fourth-order valence-electron chi connectivity index (χ4n) is 9.84. The first-order valence-electron chi connectivity index (χ1n) is 13.5. The average molecular weight is 473 g/mol. The first kappa shape index (κ1) is 24.7. The van der Waals surface area contributed by atoms with Gasteiger partial charge in [0, 0.05) is 0 Å². The molecule has 0 heterocycles. The van der Waals surface area contributed by atoms with Gasteiger partial charge in [-0.15, -0.1) is 0 Å². The Morgan fingerprint density at radius 3 is 2.47 bits per heavy atom. The van der Waals surface area contributed by atoms with E-state index < -0.39 is 11.4 Å². The topological polar surface area (TPSA) is 71.4 Å². The first-order valence-corrected chi connectivity index (χ1v) is 14.9. The molecule has 0 amide bonds. The van der Waals surface area contributed by atoms with Crippen molar-refractivity contribution in [3.8, 4) is 0 Å². The van der Waals surface area contributed by atoms with E-state index in [0.717, 1.165) is 84.9 Å². The third-order valence-electron chi connectivity index (χ3n) is 11.4. The van der Waals surface area contributed by atoms with E-state index in [4.69, 9.17) is 0 Å². The van der Waals surface area contributed by atoms with Crippen molar-refractivity contribution in [2.45, 2.75) is 81.2 Å². The van der Waals surface area contributed by atoms with E-state index in [1.54, 1.807) is 12.1 Å². The molecule has 4 nitrogen and oxygen atoms in total. The predicted octanol–water partition coefficient (Wildman–Crippen LogP) is 5.64. The van der Waals surface area contributed by atoms with Gasteiger partial charge in [-0.1, -0.05) is 0 Å². The number of carbonyl (C=O) groups is 3. The summed E-state index contributed by atoms with van der Waals surface area (Å²) < 4.78 is 0.573. The Hall–Kier alpha value is -0.970. The van der Waals surface area contributed by atoms with Crippen molar-refractivity contribution in [1.29, 1.82) is 0 Å². The molecule has 1 N–H and O–H groups in total. The Kier molecular flexibility index (Phi) is 6.22. The molecule has 8 atom stereocenters. The van der Waals surface area contributed by atoms with Gasteiger partial charge in [0.2, 0.25) is 0 Å². The average Bonchev–Trinajstić information content (AvgIpc) is 3.13. The van der Waals surface area contributed by atoms with E-state index >= 15 is 0 Å². The van der Waals surface area contributed by atoms with Gasteiger partial charge in [-0.3, -0.25) is 0 Å². The van der Waals surface area contributed by atoms with Crippen LogP contribution in [0.5, 0.6) is 0 Å². The van der Waals surface area contributed by atoms with Crippen LogP contribution in [-0.2, 0) is 15.0 Å². The number of rotatable bonds is 4. The maximum absolute atomic E-state index is 13.9. The van der Waals surface area contributed by atoms with Gasteiger partial charge >= 0.3 is 222 Å². The molecule has 4 aliphatic rings. The van der Waals surface area contributed by atoms with Gasteiger partial charge in [-0.05, 0) is 0 Å². The molecule has 1 aromatic rings. The van der Waals surface area contributed by atoms with Crippen LogP contribution in [-0.4, -0.2) is 50.6 Å². The Morgan fingerprint density at radius 2 is 1.76 bits per heavy atom. The monoisotopic (exact) mass is 472 g/mol. The summed E-state index contributed by atoms with van der Waals surface area (Å²) in [6, 6.07) is 7.32. The van der Waals surface area contributed by atoms with Gasteiger partial charge in [0.15, 0.2) is 0 Å². The minimum atomic E-state index is -0.925. The van der Waals surface area contributed by atoms with E-state index in [2.05, 4.69) is 20.8 Å². The van der Waals surface area contributed by atoms with E-state index in [1.165, 1.54) is 0 Å². The number of carboxylic acids is 1. The number of carboxylic acid groups (broad SMARTS) is 1. The molecule has 4 aliphatic carbocycles. The molecule has 0 bridgehead atoms. The number of hydrogen-bond donors (Lipinski definition) is 1. The molecular formula is C29H37NaO4. The second-order valence-electron chi connectivity index (χ2n) is 12.5. The maximum atomic E-state index is 13.9. The van der Waals surface area contributed by atoms with Crippen LogP contribution in [0.3, 0.4) is 0 Å². The fourth-order valence-corrected chi connectivity index (χ4v) is 10.4. The number of aromatic carboxylic acids is 1. The van der Waals surface area contributed by atoms with Crippen LogP contribution >= 0.6 is 0 Å². The van der Waals surface area contributed by atoms with Gasteiger partial charge in [-0.25, -0.2) is 0 Å². The molecule has 5 heteroatoms. The van der Waals surface area contributed by atoms with Crippen molar-refractivity contribution >= 4 is 45.5 Å². The van der Waals surface area contributed by atoms with E-state index in [-0.39, 0.29) is 22.5 Å². The van der Waals surface area contributed by atoms with Crippen molar-refractivity contribution in [1.82, 2.24) is 0 Å². The Bertz CT molecular complexity index is 1030. The van der Waals surface area contributed by atoms with Crippen molar-refractivity contribution in [2.24, 2.45) is 40.4 Å². The van der Waals surface area contributed by atoms with Crippen molar-refractivity contribution in [2.75, 3.05) is 0 Å². The van der Waals surface area contributed by atoms with E-state index in [0.29, 0.717) is 38.7 Å². The molecule has 0 spiro atoms. The molecule has 178 valence electrons. The molecule has 1 unspecified atom stereocenters. The summed E-state index contributed by atoms with van der Waals surface area (Å²) in [5.74, 6) is 2.07. The number of fused-ring (bicyclic) bond motifs is 5.